The molecule has 1 heterocycles. The first-order valence-corrected chi connectivity index (χ1v) is 7.40. The van der Waals surface area contributed by atoms with Crippen molar-refractivity contribution in [3.05, 3.63) is 0 Å². The van der Waals surface area contributed by atoms with Crippen molar-refractivity contribution in [1.29, 1.82) is 0 Å². The molecule has 1 saturated heterocycles. The Morgan fingerprint density at radius 2 is 2.06 bits per heavy atom. The van der Waals surface area contributed by atoms with Crippen molar-refractivity contribution in [3.8, 4) is 0 Å². The molecule has 2 fully saturated rings. The van der Waals surface area contributed by atoms with Gasteiger partial charge in [-0.15, -0.1) is 0 Å². The van der Waals surface area contributed by atoms with Crippen LogP contribution in [0.2, 0.25) is 0 Å². The van der Waals surface area contributed by atoms with Gasteiger partial charge in [0.05, 0.1) is 0 Å². The van der Waals surface area contributed by atoms with E-state index in [1.807, 2.05) is 0 Å². The predicted octanol–water partition coefficient (Wildman–Crippen LogP) is 2.74. The molecule has 3 atom stereocenters. The zero-order valence-corrected chi connectivity index (χ0v) is 12.1. The molecule has 0 radical (unpaired) electrons. The van der Waals surface area contributed by atoms with Crippen LogP contribution in [0.1, 0.15) is 46.5 Å². The van der Waals surface area contributed by atoms with Crippen LogP contribution in [0.5, 0.6) is 0 Å². The van der Waals surface area contributed by atoms with Crippen LogP contribution in [0.25, 0.3) is 0 Å². The van der Waals surface area contributed by atoms with E-state index in [9.17, 15) is 0 Å². The van der Waals surface area contributed by atoms with Gasteiger partial charge in [0.1, 0.15) is 0 Å². The van der Waals surface area contributed by atoms with Gasteiger partial charge in [0.15, 0.2) is 0 Å². The molecule has 100 valence electrons. The Morgan fingerprint density at radius 3 is 2.65 bits per heavy atom. The van der Waals surface area contributed by atoms with E-state index in [1.165, 1.54) is 45.3 Å². The first kappa shape index (κ1) is 13.4. The Bertz CT molecular complexity index is 249. The quantitative estimate of drug-likeness (QED) is 0.813. The molecular weight excluding hydrogens is 208 g/mol. The summed E-state index contributed by atoms with van der Waals surface area (Å²) in [5, 5.41) is 3.54. The molecule has 1 saturated carbocycles. The first-order valence-electron chi connectivity index (χ1n) is 7.40. The molecule has 0 aromatic heterocycles. The highest BCUT2D eigenvalue weighted by Gasteiger charge is 2.34. The molecule has 0 spiro atoms. The number of nitrogens with zero attached hydrogens (tertiary/aromatic N) is 1. The van der Waals surface area contributed by atoms with E-state index >= 15 is 0 Å². The second-order valence-corrected chi connectivity index (χ2v) is 7.22. The summed E-state index contributed by atoms with van der Waals surface area (Å²) in [6.45, 7) is 11.2. The lowest BCUT2D eigenvalue weighted by atomic mass is 9.78. The lowest BCUT2D eigenvalue weighted by Crippen LogP contribution is -2.44. The van der Waals surface area contributed by atoms with Crippen LogP contribution in [0.15, 0.2) is 0 Å². The van der Waals surface area contributed by atoms with Gasteiger partial charge in [-0.05, 0) is 56.5 Å². The number of rotatable bonds is 3. The van der Waals surface area contributed by atoms with E-state index in [-0.39, 0.29) is 0 Å². The van der Waals surface area contributed by atoms with Crippen LogP contribution < -0.4 is 5.32 Å². The number of nitrogens with one attached hydrogen (secondary N) is 1. The first-order chi connectivity index (χ1) is 8.00. The highest BCUT2D eigenvalue weighted by molar-refractivity contribution is 4.89. The summed E-state index contributed by atoms with van der Waals surface area (Å²) in [5.41, 5.74) is 0.551. The summed E-state index contributed by atoms with van der Waals surface area (Å²) >= 11 is 0. The van der Waals surface area contributed by atoms with Gasteiger partial charge in [-0.3, -0.25) is 0 Å². The Kier molecular flexibility index (Phi) is 4.14. The normalized spacial score (nSPS) is 38.5. The highest BCUT2D eigenvalue weighted by Crippen LogP contribution is 2.33. The minimum atomic E-state index is 0.551. The van der Waals surface area contributed by atoms with Crippen molar-refractivity contribution < 1.29 is 0 Å². The van der Waals surface area contributed by atoms with Crippen LogP contribution in [0, 0.1) is 17.3 Å². The molecule has 1 aliphatic heterocycles. The van der Waals surface area contributed by atoms with Crippen molar-refractivity contribution in [2.45, 2.75) is 52.5 Å². The largest absolute Gasteiger partial charge is 0.317 e. The van der Waals surface area contributed by atoms with Crippen LogP contribution in [-0.2, 0) is 0 Å². The van der Waals surface area contributed by atoms with E-state index in [4.69, 9.17) is 0 Å². The summed E-state index contributed by atoms with van der Waals surface area (Å²) < 4.78 is 0. The summed E-state index contributed by atoms with van der Waals surface area (Å²) in [7, 11) is 2.14. The average molecular weight is 238 g/mol. The fourth-order valence-corrected chi connectivity index (χ4v) is 3.79. The lowest BCUT2D eigenvalue weighted by Gasteiger charge is -2.37. The fraction of sp³-hybridized carbons (Fsp3) is 1.00. The molecule has 2 heteroatoms. The Morgan fingerprint density at radius 1 is 1.29 bits per heavy atom. The molecule has 2 nitrogen and oxygen atoms in total. The Hall–Kier alpha value is -0.0800. The second kappa shape index (κ2) is 5.27. The molecule has 1 N–H and O–H groups in total. The number of hydrogen-bond donors (Lipinski definition) is 1. The van der Waals surface area contributed by atoms with Crippen molar-refractivity contribution >= 4 is 0 Å². The SMILES string of the molecule is CNC1CCC(C)CC1CN1CCC(C)(C)C1. The van der Waals surface area contributed by atoms with Gasteiger partial charge in [-0.25, -0.2) is 0 Å². The molecule has 1 aliphatic carbocycles. The van der Waals surface area contributed by atoms with Crippen LogP contribution in [0.4, 0.5) is 0 Å². The zero-order chi connectivity index (χ0) is 12.5. The smallest absolute Gasteiger partial charge is 0.0105 e. The van der Waals surface area contributed by atoms with Crippen molar-refractivity contribution in [2.75, 3.05) is 26.7 Å². The van der Waals surface area contributed by atoms with E-state index in [0.29, 0.717) is 5.41 Å². The summed E-state index contributed by atoms with van der Waals surface area (Å²) in [6, 6.07) is 0.759. The van der Waals surface area contributed by atoms with Gasteiger partial charge in [0.25, 0.3) is 0 Å². The molecule has 0 aromatic rings. The van der Waals surface area contributed by atoms with Crippen LogP contribution in [0.3, 0.4) is 0 Å². The van der Waals surface area contributed by atoms with E-state index in [1.54, 1.807) is 0 Å². The number of likely N-dealkylation sites (tertiary alicyclic amines) is 1. The minimum Gasteiger partial charge on any atom is -0.317 e. The van der Waals surface area contributed by atoms with Gasteiger partial charge in [0, 0.05) is 19.1 Å². The molecule has 2 aliphatic rings. The Labute approximate surface area is 107 Å². The predicted molar refractivity (Wildman–Crippen MR) is 74.2 cm³/mol. The van der Waals surface area contributed by atoms with E-state index in [0.717, 1.165) is 17.9 Å². The second-order valence-electron chi connectivity index (χ2n) is 7.22. The summed E-state index contributed by atoms with van der Waals surface area (Å²) in [6.07, 6.45) is 5.58. The van der Waals surface area contributed by atoms with E-state index in [2.05, 4.69) is 38.0 Å². The monoisotopic (exact) mass is 238 g/mol. The number of hydrogen-bond acceptors (Lipinski definition) is 2. The molecular formula is C15H30N2. The van der Waals surface area contributed by atoms with Gasteiger partial charge in [0.2, 0.25) is 0 Å². The van der Waals surface area contributed by atoms with Gasteiger partial charge >= 0.3 is 0 Å². The van der Waals surface area contributed by atoms with Gasteiger partial charge < -0.3 is 10.2 Å². The highest BCUT2D eigenvalue weighted by atomic mass is 15.2. The van der Waals surface area contributed by atoms with Gasteiger partial charge in [-0.1, -0.05) is 20.8 Å². The molecule has 0 amide bonds. The van der Waals surface area contributed by atoms with Crippen LogP contribution >= 0.6 is 0 Å². The van der Waals surface area contributed by atoms with E-state index < -0.39 is 0 Å². The topological polar surface area (TPSA) is 15.3 Å². The maximum absolute atomic E-state index is 3.54. The maximum atomic E-state index is 3.54. The van der Waals surface area contributed by atoms with Gasteiger partial charge in [-0.2, -0.15) is 0 Å². The molecule has 17 heavy (non-hydrogen) atoms. The fourth-order valence-electron chi connectivity index (χ4n) is 3.79. The zero-order valence-electron chi connectivity index (χ0n) is 12.1. The summed E-state index contributed by atoms with van der Waals surface area (Å²) in [5.74, 6) is 1.80. The molecule has 0 aromatic carbocycles. The van der Waals surface area contributed by atoms with Crippen LogP contribution in [-0.4, -0.2) is 37.6 Å². The maximum Gasteiger partial charge on any atom is 0.0105 e. The lowest BCUT2D eigenvalue weighted by molar-refractivity contribution is 0.157. The molecule has 3 unspecified atom stereocenters. The Balaban J connectivity index is 1.88. The standard InChI is InChI=1S/C15H30N2/c1-12-5-6-14(16-4)13(9-12)10-17-8-7-15(2,3)11-17/h12-14,16H,5-11H2,1-4H3. The minimum absolute atomic E-state index is 0.551. The van der Waals surface area contributed by atoms with Crippen molar-refractivity contribution in [2.24, 2.45) is 17.3 Å². The summed E-state index contributed by atoms with van der Waals surface area (Å²) in [4.78, 5) is 2.70. The third-order valence-electron chi connectivity index (χ3n) is 4.86. The molecule has 0 bridgehead atoms. The third kappa shape index (κ3) is 3.45. The third-order valence-corrected chi connectivity index (χ3v) is 4.86. The molecule has 2 rings (SSSR count). The van der Waals surface area contributed by atoms with Crippen molar-refractivity contribution in [3.63, 3.8) is 0 Å². The average Bonchev–Trinajstić information content (AvgIpc) is 2.58. The van der Waals surface area contributed by atoms with Crippen molar-refractivity contribution in [1.82, 2.24) is 10.2 Å².